The van der Waals surface area contributed by atoms with Crippen molar-refractivity contribution in [3.63, 3.8) is 0 Å². The molecule has 6 heteroatoms. The van der Waals surface area contributed by atoms with Crippen molar-refractivity contribution in [1.82, 2.24) is 0 Å². The lowest BCUT2D eigenvalue weighted by Gasteiger charge is -2.17. The van der Waals surface area contributed by atoms with Crippen LogP contribution in [0.4, 0.5) is 5.69 Å². The van der Waals surface area contributed by atoms with Crippen LogP contribution in [0, 0.1) is 30.4 Å². The first-order chi connectivity index (χ1) is 11.5. The van der Waals surface area contributed by atoms with E-state index in [1.165, 1.54) is 0 Å². The van der Waals surface area contributed by atoms with E-state index in [1.807, 2.05) is 37.5 Å². The molecule has 2 rings (SSSR count). The van der Waals surface area contributed by atoms with Gasteiger partial charge in [0, 0.05) is 10.6 Å². The first-order valence-electron chi connectivity index (χ1n) is 7.80. The van der Waals surface area contributed by atoms with Gasteiger partial charge >= 0.3 is 5.97 Å². The number of thioether (sulfide) groups is 1. The van der Waals surface area contributed by atoms with E-state index in [4.69, 9.17) is 10.00 Å². The molecule has 1 aliphatic rings. The lowest BCUT2D eigenvalue weighted by molar-refractivity contribution is -0.151. The van der Waals surface area contributed by atoms with Gasteiger partial charge in [0.05, 0.1) is 5.92 Å². The van der Waals surface area contributed by atoms with Crippen LogP contribution in [0.1, 0.15) is 30.4 Å². The molecule has 0 heterocycles. The third-order valence-corrected chi connectivity index (χ3v) is 4.44. The summed E-state index contributed by atoms with van der Waals surface area (Å²) in [5.74, 6) is -0.820. The number of allylic oxidation sites excluding steroid dienone is 2. The van der Waals surface area contributed by atoms with Crippen LogP contribution >= 0.6 is 11.8 Å². The summed E-state index contributed by atoms with van der Waals surface area (Å²) in [4.78, 5) is 24.8. The maximum absolute atomic E-state index is 12.1. The fourth-order valence-corrected chi connectivity index (χ4v) is 3.25. The quantitative estimate of drug-likeness (QED) is 0.381. The van der Waals surface area contributed by atoms with Crippen molar-refractivity contribution >= 4 is 29.3 Å². The number of nitriles is 1. The number of nitrogens with one attached hydrogen (secondary N) is 1. The van der Waals surface area contributed by atoms with Crippen LogP contribution < -0.4 is 5.32 Å². The molecule has 0 bridgehead atoms. The summed E-state index contributed by atoms with van der Waals surface area (Å²) in [7, 11) is 0. The van der Waals surface area contributed by atoms with Gasteiger partial charge in [-0.3, -0.25) is 9.59 Å². The van der Waals surface area contributed by atoms with Gasteiger partial charge in [-0.15, -0.1) is 0 Å². The molecule has 0 unspecified atom stereocenters. The van der Waals surface area contributed by atoms with Crippen LogP contribution in [-0.2, 0) is 14.3 Å². The normalized spacial score (nSPS) is 16.3. The summed E-state index contributed by atoms with van der Waals surface area (Å²) in [6.45, 7) is 3.45. The van der Waals surface area contributed by atoms with Gasteiger partial charge in [-0.25, -0.2) is 0 Å². The highest BCUT2D eigenvalue weighted by molar-refractivity contribution is 8.03. The Bertz CT molecular complexity index is 684. The zero-order valence-electron chi connectivity index (χ0n) is 13.8. The molecule has 0 aromatic heterocycles. The van der Waals surface area contributed by atoms with Gasteiger partial charge in [0.1, 0.15) is 5.40 Å². The number of benzene rings is 1. The van der Waals surface area contributed by atoms with Crippen molar-refractivity contribution < 1.29 is 14.3 Å². The smallest absolute Gasteiger partial charge is 0.309 e. The predicted octanol–water partition coefficient (Wildman–Crippen LogP) is 3.71. The van der Waals surface area contributed by atoms with Crippen LogP contribution in [0.2, 0.25) is 0 Å². The van der Waals surface area contributed by atoms with Crippen molar-refractivity contribution in [2.45, 2.75) is 38.0 Å². The van der Waals surface area contributed by atoms with Gasteiger partial charge in [-0.2, -0.15) is 5.26 Å². The number of ether oxygens (including phenoxy) is 1. The molecular weight excluding hydrogens is 324 g/mol. The third kappa shape index (κ3) is 4.87. The Kier molecular flexibility index (Phi) is 6.44. The molecule has 0 saturated heterocycles. The standard InChI is InChI=1S/C18H20N2O3S/c1-12-8-15(24-11-19)9-13(2)17(12)20-16(21)10-23-18(22)14-6-4-3-5-7-14/h3-4,8-9,14H,5-7,10H2,1-2H3,(H,20,21)/t14-/m0/s1. The highest BCUT2D eigenvalue weighted by atomic mass is 32.2. The van der Waals surface area contributed by atoms with Gasteiger partial charge < -0.3 is 10.1 Å². The maximum Gasteiger partial charge on any atom is 0.309 e. The van der Waals surface area contributed by atoms with E-state index in [9.17, 15) is 9.59 Å². The summed E-state index contributed by atoms with van der Waals surface area (Å²) in [6, 6.07) is 3.69. The second kappa shape index (κ2) is 8.55. The van der Waals surface area contributed by atoms with E-state index < -0.39 is 0 Å². The Morgan fingerprint density at radius 3 is 2.62 bits per heavy atom. The van der Waals surface area contributed by atoms with E-state index in [-0.39, 0.29) is 24.4 Å². The first kappa shape index (κ1) is 18.1. The van der Waals surface area contributed by atoms with Crippen LogP contribution in [0.5, 0.6) is 0 Å². The third-order valence-electron chi connectivity index (χ3n) is 3.88. The number of thiocyanates is 1. The minimum atomic E-state index is -0.360. The van der Waals surface area contributed by atoms with Crippen molar-refractivity contribution in [3.05, 3.63) is 35.4 Å². The molecule has 24 heavy (non-hydrogen) atoms. The fraction of sp³-hybridized carbons (Fsp3) is 0.389. The second-order valence-electron chi connectivity index (χ2n) is 5.76. The number of amides is 1. The van der Waals surface area contributed by atoms with Crippen molar-refractivity contribution in [1.29, 1.82) is 5.26 Å². The lowest BCUT2D eigenvalue weighted by Crippen LogP contribution is -2.25. The number of hydrogen-bond donors (Lipinski definition) is 1. The minimum absolute atomic E-state index is 0.145. The van der Waals surface area contributed by atoms with Crippen molar-refractivity contribution in [3.8, 4) is 5.40 Å². The molecule has 0 saturated carbocycles. The number of esters is 1. The highest BCUT2D eigenvalue weighted by Gasteiger charge is 2.21. The molecule has 1 N–H and O–H groups in total. The molecule has 0 spiro atoms. The zero-order chi connectivity index (χ0) is 17.5. The molecular formula is C18H20N2O3S. The topological polar surface area (TPSA) is 79.2 Å². The Morgan fingerprint density at radius 2 is 2.04 bits per heavy atom. The summed E-state index contributed by atoms with van der Waals surface area (Å²) >= 11 is 1.08. The number of rotatable bonds is 5. The first-order valence-corrected chi connectivity index (χ1v) is 8.61. The number of nitrogens with zero attached hydrogens (tertiary/aromatic N) is 1. The average Bonchev–Trinajstić information content (AvgIpc) is 2.57. The van der Waals surface area contributed by atoms with Gasteiger partial charge in [0.2, 0.25) is 0 Å². The summed E-state index contributed by atoms with van der Waals surface area (Å²) in [5, 5.41) is 13.5. The van der Waals surface area contributed by atoms with E-state index >= 15 is 0 Å². The molecule has 1 aromatic carbocycles. The SMILES string of the molecule is Cc1cc(SC#N)cc(C)c1NC(=O)COC(=O)[C@H]1CC=CCC1. The predicted molar refractivity (Wildman–Crippen MR) is 93.5 cm³/mol. The van der Waals surface area contributed by atoms with E-state index in [1.54, 1.807) is 0 Å². The summed E-state index contributed by atoms with van der Waals surface area (Å²) < 4.78 is 5.13. The molecule has 0 aliphatic heterocycles. The van der Waals surface area contributed by atoms with Crippen LogP contribution in [0.3, 0.4) is 0 Å². The van der Waals surface area contributed by atoms with Crippen molar-refractivity contribution in [2.75, 3.05) is 11.9 Å². The molecule has 0 fully saturated rings. The number of anilines is 1. The molecule has 1 amide bonds. The van der Waals surface area contributed by atoms with Gasteiger partial charge in [-0.1, -0.05) is 12.2 Å². The molecule has 0 radical (unpaired) electrons. The van der Waals surface area contributed by atoms with Crippen LogP contribution in [0.25, 0.3) is 0 Å². The van der Waals surface area contributed by atoms with E-state index in [2.05, 4.69) is 11.4 Å². The van der Waals surface area contributed by atoms with E-state index in [0.717, 1.165) is 40.6 Å². The Balaban J connectivity index is 1.91. The lowest BCUT2D eigenvalue weighted by atomic mass is 9.95. The summed E-state index contributed by atoms with van der Waals surface area (Å²) in [5.41, 5.74) is 2.42. The Morgan fingerprint density at radius 1 is 1.33 bits per heavy atom. The Hall–Kier alpha value is -2.26. The monoisotopic (exact) mass is 344 g/mol. The zero-order valence-corrected chi connectivity index (χ0v) is 14.6. The number of hydrogen-bond acceptors (Lipinski definition) is 5. The Labute approximate surface area is 146 Å². The number of aryl methyl sites for hydroxylation is 2. The van der Waals surface area contributed by atoms with Gasteiger partial charge in [0.15, 0.2) is 6.61 Å². The van der Waals surface area contributed by atoms with Crippen molar-refractivity contribution in [2.24, 2.45) is 5.92 Å². The average molecular weight is 344 g/mol. The fourth-order valence-electron chi connectivity index (χ4n) is 2.67. The largest absolute Gasteiger partial charge is 0.455 e. The molecule has 5 nitrogen and oxygen atoms in total. The minimum Gasteiger partial charge on any atom is -0.455 e. The maximum atomic E-state index is 12.1. The highest BCUT2D eigenvalue weighted by Crippen LogP contribution is 2.27. The van der Waals surface area contributed by atoms with Gasteiger partial charge in [0.25, 0.3) is 5.91 Å². The second-order valence-corrected chi connectivity index (χ2v) is 6.62. The van der Waals surface area contributed by atoms with E-state index in [0.29, 0.717) is 12.1 Å². The van der Waals surface area contributed by atoms with Crippen LogP contribution in [0.15, 0.2) is 29.2 Å². The molecule has 1 aliphatic carbocycles. The van der Waals surface area contributed by atoms with Crippen LogP contribution in [-0.4, -0.2) is 18.5 Å². The number of carbonyl (C=O) groups is 2. The summed E-state index contributed by atoms with van der Waals surface area (Å²) in [6.07, 6.45) is 6.35. The number of carbonyl (C=O) groups excluding carboxylic acids is 2. The van der Waals surface area contributed by atoms with Gasteiger partial charge in [-0.05, 0) is 68.1 Å². The molecule has 1 atom stereocenters. The molecule has 1 aromatic rings. The molecule has 126 valence electrons.